The molecule has 1 fully saturated rings. The Morgan fingerprint density at radius 1 is 1.21 bits per heavy atom. The molecule has 1 unspecified atom stereocenters. The molecule has 0 spiro atoms. The maximum atomic E-state index is 13.6. The van der Waals surface area contributed by atoms with E-state index in [9.17, 15) is 9.18 Å². The molecule has 0 radical (unpaired) electrons. The first-order chi connectivity index (χ1) is 16.4. The number of rotatable bonds is 6. The van der Waals surface area contributed by atoms with Crippen LogP contribution >= 0.6 is 11.6 Å². The molecule has 0 bridgehead atoms. The Morgan fingerprint density at radius 3 is 2.74 bits per heavy atom. The fraction of sp³-hybridized carbons (Fsp3) is 0.462. The van der Waals surface area contributed by atoms with Gasteiger partial charge in [0.2, 0.25) is 0 Å². The van der Waals surface area contributed by atoms with Gasteiger partial charge in [0.15, 0.2) is 5.69 Å². The SMILES string of the molecule is [C-]#[N+]c1ccc2c(c1)CC(N(CCCN1CCN(C)CC1)C(=O)Nc1ccc(F)c(Cl)c1)CC2. The number of amides is 2. The van der Waals surface area contributed by atoms with Crippen LogP contribution in [0.1, 0.15) is 24.0 Å². The van der Waals surface area contributed by atoms with Crippen molar-refractivity contribution in [3.05, 3.63) is 69.8 Å². The number of nitrogens with zero attached hydrogens (tertiary/aromatic N) is 4. The van der Waals surface area contributed by atoms with Gasteiger partial charge in [-0.05, 0) is 63.0 Å². The fourth-order valence-electron chi connectivity index (χ4n) is 4.82. The van der Waals surface area contributed by atoms with Gasteiger partial charge in [0.05, 0.1) is 11.6 Å². The third-order valence-electron chi connectivity index (χ3n) is 6.86. The van der Waals surface area contributed by atoms with Crippen LogP contribution in [0.15, 0.2) is 36.4 Å². The van der Waals surface area contributed by atoms with E-state index in [1.54, 1.807) is 0 Å². The average Bonchev–Trinajstić information content (AvgIpc) is 2.84. The van der Waals surface area contributed by atoms with Crippen LogP contribution < -0.4 is 5.32 Å². The third kappa shape index (κ3) is 6.06. The molecule has 6 nitrogen and oxygen atoms in total. The first-order valence-corrected chi connectivity index (χ1v) is 12.2. The molecule has 1 saturated heterocycles. The van der Waals surface area contributed by atoms with Crippen molar-refractivity contribution in [2.45, 2.75) is 31.7 Å². The molecule has 1 N–H and O–H groups in total. The van der Waals surface area contributed by atoms with Crippen molar-refractivity contribution in [3.63, 3.8) is 0 Å². The van der Waals surface area contributed by atoms with E-state index in [1.165, 1.54) is 23.8 Å². The maximum Gasteiger partial charge on any atom is 0.322 e. The second kappa shape index (κ2) is 11.2. The van der Waals surface area contributed by atoms with Crippen molar-refractivity contribution in [2.75, 3.05) is 51.6 Å². The lowest BCUT2D eigenvalue weighted by Gasteiger charge is -2.37. The second-order valence-corrected chi connectivity index (χ2v) is 9.62. The van der Waals surface area contributed by atoms with Crippen molar-refractivity contribution in [1.29, 1.82) is 0 Å². The average molecular weight is 484 g/mol. The molecule has 8 heteroatoms. The summed E-state index contributed by atoms with van der Waals surface area (Å²) in [6, 6.07) is 9.93. The third-order valence-corrected chi connectivity index (χ3v) is 7.15. The highest BCUT2D eigenvalue weighted by atomic mass is 35.5. The minimum Gasteiger partial charge on any atom is -0.321 e. The number of urea groups is 1. The molecule has 1 aliphatic heterocycles. The lowest BCUT2D eigenvalue weighted by molar-refractivity contribution is 0.140. The van der Waals surface area contributed by atoms with Crippen LogP contribution in [0.25, 0.3) is 4.85 Å². The van der Waals surface area contributed by atoms with Crippen LogP contribution in [0.5, 0.6) is 0 Å². The van der Waals surface area contributed by atoms with E-state index in [-0.39, 0.29) is 17.1 Å². The summed E-state index contributed by atoms with van der Waals surface area (Å²) in [5.74, 6) is -0.511. The van der Waals surface area contributed by atoms with E-state index in [4.69, 9.17) is 18.2 Å². The monoisotopic (exact) mass is 483 g/mol. The smallest absolute Gasteiger partial charge is 0.321 e. The first kappa shape index (κ1) is 24.5. The summed E-state index contributed by atoms with van der Waals surface area (Å²) in [6.45, 7) is 13.1. The maximum absolute atomic E-state index is 13.6. The van der Waals surface area contributed by atoms with Crippen molar-refractivity contribution >= 4 is 29.0 Å². The van der Waals surface area contributed by atoms with Gasteiger partial charge in [0.1, 0.15) is 5.82 Å². The Morgan fingerprint density at radius 2 is 2.00 bits per heavy atom. The van der Waals surface area contributed by atoms with Crippen LogP contribution in [-0.2, 0) is 12.8 Å². The molecule has 1 aliphatic carbocycles. The topological polar surface area (TPSA) is 43.2 Å². The Labute approximate surface area is 206 Å². The van der Waals surface area contributed by atoms with Crippen molar-refractivity contribution in [2.24, 2.45) is 0 Å². The van der Waals surface area contributed by atoms with Gasteiger partial charge in [-0.2, -0.15) is 0 Å². The zero-order valence-corrected chi connectivity index (χ0v) is 20.3. The van der Waals surface area contributed by atoms with E-state index < -0.39 is 5.82 Å². The lowest BCUT2D eigenvalue weighted by Crippen LogP contribution is -2.48. The number of nitrogens with one attached hydrogen (secondary N) is 1. The quantitative estimate of drug-likeness (QED) is 0.584. The molecule has 4 rings (SSSR count). The van der Waals surface area contributed by atoms with Crippen LogP contribution in [0.2, 0.25) is 5.02 Å². The number of aryl methyl sites for hydroxylation is 1. The van der Waals surface area contributed by atoms with Crippen molar-refractivity contribution in [1.82, 2.24) is 14.7 Å². The molecule has 1 heterocycles. The van der Waals surface area contributed by atoms with E-state index in [0.29, 0.717) is 17.9 Å². The Hall–Kier alpha value is -2.66. The number of fused-ring (bicyclic) bond motifs is 1. The molecular weight excluding hydrogens is 453 g/mol. The van der Waals surface area contributed by atoms with Gasteiger partial charge in [-0.3, -0.25) is 0 Å². The number of benzene rings is 2. The molecular formula is C26H31ClFN5O. The molecule has 0 saturated carbocycles. The summed E-state index contributed by atoms with van der Waals surface area (Å²) < 4.78 is 13.6. The van der Waals surface area contributed by atoms with Gasteiger partial charge in [-0.25, -0.2) is 14.0 Å². The summed E-state index contributed by atoms with van der Waals surface area (Å²) in [4.78, 5) is 23.6. The molecule has 2 aromatic carbocycles. The van der Waals surface area contributed by atoms with Crippen molar-refractivity contribution in [3.8, 4) is 0 Å². The molecule has 1 atom stereocenters. The Bertz CT molecular complexity index is 1060. The van der Waals surface area contributed by atoms with Gasteiger partial charge < -0.3 is 20.0 Å². The van der Waals surface area contributed by atoms with Crippen molar-refractivity contribution < 1.29 is 9.18 Å². The standard InChI is InChI=1S/C26H31ClFN5O/c1-29-21-6-4-19-5-8-23(17-20(19)16-21)33(11-3-10-32-14-12-31(2)13-15-32)26(34)30-22-7-9-25(28)24(27)18-22/h4,6-7,9,16,18,23H,3,5,8,10-15,17H2,2H3,(H,30,34). The zero-order valence-electron chi connectivity index (χ0n) is 19.6. The van der Waals surface area contributed by atoms with Crippen LogP contribution in [0, 0.1) is 12.4 Å². The summed E-state index contributed by atoms with van der Waals surface area (Å²) >= 11 is 5.92. The molecule has 34 heavy (non-hydrogen) atoms. The molecule has 2 aliphatic rings. The van der Waals surface area contributed by atoms with Gasteiger partial charge >= 0.3 is 6.03 Å². The number of anilines is 1. The zero-order chi connectivity index (χ0) is 24.1. The highest BCUT2D eigenvalue weighted by Crippen LogP contribution is 2.29. The predicted octanol–water partition coefficient (Wildman–Crippen LogP) is 5.06. The summed E-state index contributed by atoms with van der Waals surface area (Å²) in [6.07, 6.45) is 3.36. The van der Waals surface area contributed by atoms with Gasteiger partial charge in [-0.1, -0.05) is 35.4 Å². The number of piperazine rings is 1. The Kier molecular flexibility index (Phi) is 8.04. The molecule has 0 aromatic heterocycles. The summed E-state index contributed by atoms with van der Waals surface area (Å²) in [5, 5.41) is 2.90. The summed E-state index contributed by atoms with van der Waals surface area (Å²) in [7, 11) is 2.14. The Balaban J connectivity index is 1.46. The number of hydrogen-bond acceptors (Lipinski definition) is 3. The second-order valence-electron chi connectivity index (χ2n) is 9.21. The summed E-state index contributed by atoms with van der Waals surface area (Å²) in [5.41, 5.74) is 3.51. The normalized spacial score (nSPS) is 18.7. The van der Waals surface area contributed by atoms with Gasteiger partial charge in [-0.15, -0.1) is 0 Å². The molecule has 2 amide bonds. The van der Waals surface area contributed by atoms with Crippen LogP contribution in [0.4, 0.5) is 20.6 Å². The number of carbonyl (C=O) groups is 1. The number of hydrogen-bond donors (Lipinski definition) is 1. The first-order valence-electron chi connectivity index (χ1n) is 11.9. The van der Waals surface area contributed by atoms with Crippen LogP contribution in [0.3, 0.4) is 0 Å². The van der Waals surface area contributed by atoms with E-state index in [0.717, 1.165) is 64.0 Å². The van der Waals surface area contributed by atoms with Gasteiger partial charge in [0, 0.05) is 44.5 Å². The highest BCUT2D eigenvalue weighted by Gasteiger charge is 2.28. The number of likely N-dealkylation sites (N-methyl/N-ethyl adjacent to an activating group) is 1. The molecule has 2 aromatic rings. The largest absolute Gasteiger partial charge is 0.322 e. The van der Waals surface area contributed by atoms with Gasteiger partial charge in [0.25, 0.3) is 0 Å². The predicted molar refractivity (Wildman–Crippen MR) is 134 cm³/mol. The fourth-order valence-corrected chi connectivity index (χ4v) is 5.00. The highest BCUT2D eigenvalue weighted by molar-refractivity contribution is 6.31. The van der Waals surface area contributed by atoms with E-state index >= 15 is 0 Å². The van der Waals surface area contributed by atoms with E-state index in [1.807, 2.05) is 23.1 Å². The minimum absolute atomic E-state index is 0.0160. The lowest BCUT2D eigenvalue weighted by atomic mass is 9.87. The van der Waals surface area contributed by atoms with E-state index in [2.05, 4.69) is 27.0 Å². The number of halogens is 2. The molecule has 180 valence electrons. The van der Waals surface area contributed by atoms with Crippen LogP contribution in [-0.4, -0.2) is 73.1 Å². The number of carbonyl (C=O) groups excluding carboxylic acids is 1. The minimum atomic E-state index is -0.511.